The second-order valence-electron chi connectivity index (χ2n) is 3.34. The van der Waals surface area contributed by atoms with Gasteiger partial charge in [-0.25, -0.2) is 4.98 Å². The summed E-state index contributed by atoms with van der Waals surface area (Å²) >= 11 is 5.90. The number of halogens is 1. The minimum atomic E-state index is -0.0274. The van der Waals surface area contributed by atoms with E-state index in [4.69, 9.17) is 17.3 Å². The fourth-order valence-electron chi connectivity index (χ4n) is 1.55. The Hall–Kier alpha value is -1.12. The molecule has 2 aromatic rings. The highest BCUT2D eigenvalue weighted by molar-refractivity contribution is 6.29. The predicted molar refractivity (Wildman–Crippen MR) is 59.4 cm³/mol. The molecule has 0 fully saturated rings. The summed E-state index contributed by atoms with van der Waals surface area (Å²) in [6.07, 6.45) is 0. The standard InChI is InChI=1S/C11H11ClN2/c1-7(13)9-6-11(12)14-10-5-3-2-4-8(9)10/h2-7H,13H2,1H3/t7-/m1/s1. The van der Waals surface area contributed by atoms with Gasteiger partial charge in [-0.1, -0.05) is 29.8 Å². The van der Waals surface area contributed by atoms with E-state index < -0.39 is 0 Å². The molecule has 3 heteroatoms. The van der Waals surface area contributed by atoms with Crippen LogP contribution in [-0.2, 0) is 0 Å². The van der Waals surface area contributed by atoms with Crippen LogP contribution in [0.15, 0.2) is 30.3 Å². The highest BCUT2D eigenvalue weighted by Crippen LogP contribution is 2.24. The molecule has 2 rings (SSSR count). The summed E-state index contributed by atoms with van der Waals surface area (Å²) in [5.74, 6) is 0. The first-order valence-corrected chi connectivity index (χ1v) is 4.87. The van der Waals surface area contributed by atoms with Crippen LogP contribution in [0.25, 0.3) is 10.9 Å². The van der Waals surface area contributed by atoms with Crippen LogP contribution in [0.3, 0.4) is 0 Å². The van der Waals surface area contributed by atoms with Crippen LogP contribution in [0, 0.1) is 0 Å². The summed E-state index contributed by atoms with van der Waals surface area (Å²) in [5.41, 5.74) is 7.80. The lowest BCUT2D eigenvalue weighted by Gasteiger charge is -2.09. The number of benzene rings is 1. The summed E-state index contributed by atoms with van der Waals surface area (Å²) in [7, 11) is 0. The molecule has 0 saturated heterocycles. The first kappa shape index (κ1) is 9.44. The zero-order valence-corrected chi connectivity index (χ0v) is 8.62. The van der Waals surface area contributed by atoms with Crippen molar-refractivity contribution in [1.82, 2.24) is 4.98 Å². The molecule has 0 radical (unpaired) electrons. The third-order valence-electron chi connectivity index (χ3n) is 2.21. The van der Waals surface area contributed by atoms with Crippen LogP contribution in [0.4, 0.5) is 0 Å². The van der Waals surface area contributed by atoms with E-state index in [9.17, 15) is 0 Å². The minimum Gasteiger partial charge on any atom is -0.324 e. The van der Waals surface area contributed by atoms with Crippen LogP contribution in [-0.4, -0.2) is 4.98 Å². The van der Waals surface area contributed by atoms with Crippen molar-refractivity contribution in [2.75, 3.05) is 0 Å². The minimum absolute atomic E-state index is 0.0274. The lowest BCUT2D eigenvalue weighted by molar-refractivity contribution is 0.825. The van der Waals surface area contributed by atoms with Crippen molar-refractivity contribution in [3.63, 3.8) is 0 Å². The number of nitrogens with zero attached hydrogens (tertiary/aromatic N) is 1. The molecule has 14 heavy (non-hydrogen) atoms. The Balaban J connectivity index is 2.80. The molecule has 0 aliphatic rings. The van der Waals surface area contributed by atoms with Crippen LogP contribution >= 0.6 is 11.6 Å². The van der Waals surface area contributed by atoms with Gasteiger partial charge >= 0.3 is 0 Å². The van der Waals surface area contributed by atoms with Crippen molar-refractivity contribution in [3.05, 3.63) is 41.0 Å². The normalized spacial score (nSPS) is 13.1. The van der Waals surface area contributed by atoms with E-state index in [-0.39, 0.29) is 6.04 Å². The molecule has 0 saturated carbocycles. The van der Waals surface area contributed by atoms with E-state index in [2.05, 4.69) is 4.98 Å². The number of rotatable bonds is 1. The van der Waals surface area contributed by atoms with Crippen molar-refractivity contribution in [2.45, 2.75) is 13.0 Å². The molecule has 2 N–H and O–H groups in total. The van der Waals surface area contributed by atoms with Gasteiger partial charge in [0.15, 0.2) is 0 Å². The summed E-state index contributed by atoms with van der Waals surface area (Å²) < 4.78 is 0. The molecular formula is C11H11ClN2. The molecule has 1 atom stereocenters. The van der Waals surface area contributed by atoms with E-state index in [1.165, 1.54) is 0 Å². The lowest BCUT2D eigenvalue weighted by Crippen LogP contribution is -2.06. The van der Waals surface area contributed by atoms with Crippen LogP contribution in [0.1, 0.15) is 18.5 Å². The second-order valence-corrected chi connectivity index (χ2v) is 3.73. The molecule has 72 valence electrons. The zero-order valence-electron chi connectivity index (χ0n) is 7.87. The van der Waals surface area contributed by atoms with Gasteiger partial charge in [-0.15, -0.1) is 0 Å². The fraction of sp³-hybridized carbons (Fsp3) is 0.182. The summed E-state index contributed by atoms with van der Waals surface area (Å²) in [6.45, 7) is 1.94. The number of pyridine rings is 1. The van der Waals surface area contributed by atoms with E-state index in [0.717, 1.165) is 16.5 Å². The fourth-order valence-corrected chi connectivity index (χ4v) is 1.75. The van der Waals surface area contributed by atoms with Crippen LogP contribution in [0.2, 0.25) is 5.15 Å². The largest absolute Gasteiger partial charge is 0.324 e. The molecule has 1 aromatic heterocycles. The van der Waals surface area contributed by atoms with Crippen molar-refractivity contribution >= 4 is 22.5 Å². The zero-order chi connectivity index (χ0) is 10.1. The molecule has 0 aliphatic heterocycles. The predicted octanol–water partition coefficient (Wildman–Crippen LogP) is 2.91. The Morgan fingerprint density at radius 2 is 2.07 bits per heavy atom. The molecule has 1 aromatic carbocycles. The molecule has 0 spiro atoms. The highest BCUT2D eigenvalue weighted by Gasteiger charge is 2.07. The number of fused-ring (bicyclic) bond motifs is 1. The van der Waals surface area contributed by atoms with Gasteiger partial charge in [-0.2, -0.15) is 0 Å². The Labute approximate surface area is 87.7 Å². The van der Waals surface area contributed by atoms with Crippen molar-refractivity contribution < 1.29 is 0 Å². The average Bonchev–Trinajstić information content (AvgIpc) is 2.16. The maximum atomic E-state index is 5.90. The van der Waals surface area contributed by atoms with E-state index in [1.54, 1.807) is 0 Å². The van der Waals surface area contributed by atoms with Crippen molar-refractivity contribution in [3.8, 4) is 0 Å². The molecule has 0 aliphatic carbocycles. The van der Waals surface area contributed by atoms with Gasteiger partial charge in [0.25, 0.3) is 0 Å². The summed E-state index contributed by atoms with van der Waals surface area (Å²) in [6, 6.07) is 9.67. The van der Waals surface area contributed by atoms with Gasteiger partial charge in [0.1, 0.15) is 5.15 Å². The van der Waals surface area contributed by atoms with E-state index in [0.29, 0.717) is 5.15 Å². The van der Waals surface area contributed by atoms with Crippen molar-refractivity contribution in [1.29, 1.82) is 0 Å². The third kappa shape index (κ3) is 1.59. The summed E-state index contributed by atoms with van der Waals surface area (Å²) in [4.78, 5) is 4.23. The topological polar surface area (TPSA) is 38.9 Å². The Morgan fingerprint density at radius 3 is 2.79 bits per heavy atom. The number of hydrogen-bond donors (Lipinski definition) is 1. The summed E-state index contributed by atoms with van der Waals surface area (Å²) in [5, 5.41) is 1.57. The van der Waals surface area contributed by atoms with Crippen LogP contribution < -0.4 is 5.73 Å². The molecule has 0 unspecified atom stereocenters. The molecule has 0 bridgehead atoms. The van der Waals surface area contributed by atoms with E-state index in [1.807, 2.05) is 37.3 Å². The Bertz CT molecular complexity index is 466. The third-order valence-corrected chi connectivity index (χ3v) is 2.40. The number of para-hydroxylation sites is 1. The first-order valence-electron chi connectivity index (χ1n) is 4.49. The van der Waals surface area contributed by atoms with Gasteiger partial charge in [0, 0.05) is 11.4 Å². The second kappa shape index (κ2) is 3.56. The van der Waals surface area contributed by atoms with Gasteiger partial charge in [-0.3, -0.25) is 0 Å². The lowest BCUT2D eigenvalue weighted by atomic mass is 10.0. The van der Waals surface area contributed by atoms with Gasteiger partial charge in [0.2, 0.25) is 0 Å². The molecule has 1 heterocycles. The first-order chi connectivity index (χ1) is 6.68. The number of nitrogens with two attached hydrogens (primary N) is 1. The Kier molecular flexibility index (Phi) is 2.40. The van der Waals surface area contributed by atoms with Crippen molar-refractivity contribution in [2.24, 2.45) is 5.73 Å². The quantitative estimate of drug-likeness (QED) is 0.729. The highest BCUT2D eigenvalue weighted by atomic mass is 35.5. The van der Waals surface area contributed by atoms with E-state index >= 15 is 0 Å². The maximum Gasteiger partial charge on any atom is 0.130 e. The Morgan fingerprint density at radius 1 is 1.36 bits per heavy atom. The smallest absolute Gasteiger partial charge is 0.130 e. The number of hydrogen-bond acceptors (Lipinski definition) is 2. The SMILES string of the molecule is C[C@@H](N)c1cc(Cl)nc2ccccc12. The van der Waals surface area contributed by atoms with Gasteiger partial charge < -0.3 is 5.73 Å². The van der Waals surface area contributed by atoms with Gasteiger partial charge in [0.05, 0.1) is 5.52 Å². The average molecular weight is 207 g/mol. The molecule has 2 nitrogen and oxygen atoms in total. The van der Waals surface area contributed by atoms with Crippen LogP contribution in [0.5, 0.6) is 0 Å². The maximum absolute atomic E-state index is 5.90. The monoisotopic (exact) mass is 206 g/mol. The molecule has 0 amide bonds. The molecular weight excluding hydrogens is 196 g/mol. The van der Waals surface area contributed by atoms with Gasteiger partial charge in [-0.05, 0) is 24.6 Å². The number of aromatic nitrogens is 1.